The van der Waals surface area contributed by atoms with E-state index in [1.807, 2.05) is 36.4 Å². The predicted octanol–water partition coefficient (Wildman–Crippen LogP) is 3.45. The lowest BCUT2D eigenvalue weighted by Gasteiger charge is -2.18. The largest absolute Gasteiger partial charge is 0.458 e. The molecule has 2 aromatic rings. The molecule has 0 heterocycles. The van der Waals surface area contributed by atoms with E-state index in [0.717, 1.165) is 5.56 Å². The molecule has 2 aromatic carbocycles. The van der Waals surface area contributed by atoms with Crippen LogP contribution >= 0.6 is 0 Å². The van der Waals surface area contributed by atoms with E-state index in [4.69, 9.17) is 4.74 Å². The third kappa shape index (κ3) is 6.29. The average Bonchev–Trinajstić information content (AvgIpc) is 2.68. The molecule has 0 unspecified atom stereocenters. The fraction of sp³-hybridized carbons (Fsp3) is 0.182. The first kappa shape index (κ1) is 19.0. The summed E-state index contributed by atoms with van der Waals surface area (Å²) in [6.07, 6.45) is 3.53. The minimum absolute atomic E-state index is 0.153. The molecular weight excluding hydrogens is 326 g/mol. The van der Waals surface area contributed by atoms with Gasteiger partial charge in [0.25, 0.3) is 5.91 Å². The summed E-state index contributed by atoms with van der Waals surface area (Å²) in [6, 6.07) is 18.5. The second kappa shape index (κ2) is 10.5. The highest BCUT2D eigenvalue weighted by molar-refractivity contribution is 5.93. The molecule has 0 aliphatic carbocycles. The van der Waals surface area contributed by atoms with Gasteiger partial charge in [0.15, 0.2) is 0 Å². The molecule has 0 fully saturated rings. The van der Waals surface area contributed by atoms with Crippen LogP contribution in [0.4, 0.5) is 0 Å². The minimum atomic E-state index is -0.371. The van der Waals surface area contributed by atoms with Crippen molar-refractivity contribution < 1.29 is 14.3 Å². The second-order valence-corrected chi connectivity index (χ2v) is 5.48. The SMILES string of the molecule is CC#CC(=O)N(C/C=C\COC(=O)c1ccccc1)Cc1ccccc1. The van der Waals surface area contributed by atoms with Crippen LogP contribution in [0, 0.1) is 11.8 Å². The molecule has 132 valence electrons. The quantitative estimate of drug-likeness (QED) is 0.438. The molecule has 1 amide bonds. The van der Waals surface area contributed by atoms with Crippen LogP contribution in [-0.4, -0.2) is 29.9 Å². The number of ether oxygens (including phenoxy) is 1. The van der Waals surface area contributed by atoms with Crippen molar-refractivity contribution in [2.75, 3.05) is 13.2 Å². The van der Waals surface area contributed by atoms with Crippen molar-refractivity contribution in [1.29, 1.82) is 0 Å². The maximum absolute atomic E-state index is 12.1. The molecule has 0 aromatic heterocycles. The Kier molecular flexibility index (Phi) is 7.70. The molecule has 4 nitrogen and oxygen atoms in total. The molecule has 0 bridgehead atoms. The van der Waals surface area contributed by atoms with Gasteiger partial charge >= 0.3 is 5.97 Å². The van der Waals surface area contributed by atoms with Crippen LogP contribution < -0.4 is 0 Å². The Morgan fingerprint density at radius 1 is 1.00 bits per heavy atom. The van der Waals surface area contributed by atoms with E-state index in [1.165, 1.54) is 0 Å². The van der Waals surface area contributed by atoms with E-state index in [0.29, 0.717) is 18.7 Å². The van der Waals surface area contributed by atoms with Crippen LogP contribution in [0.2, 0.25) is 0 Å². The van der Waals surface area contributed by atoms with Gasteiger partial charge in [0, 0.05) is 13.1 Å². The van der Waals surface area contributed by atoms with Crippen LogP contribution in [0.15, 0.2) is 72.8 Å². The van der Waals surface area contributed by atoms with Crippen LogP contribution in [0.25, 0.3) is 0 Å². The fourth-order valence-electron chi connectivity index (χ4n) is 2.26. The Bertz CT molecular complexity index is 802. The molecule has 0 N–H and O–H groups in total. The third-order valence-corrected chi connectivity index (χ3v) is 3.55. The lowest BCUT2D eigenvalue weighted by Crippen LogP contribution is -2.29. The van der Waals surface area contributed by atoms with E-state index in [-0.39, 0.29) is 18.5 Å². The zero-order valence-corrected chi connectivity index (χ0v) is 14.7. The predicted molar refractivity (Wildman–Crippen MR) is 101 cm³/mol. The molecule has 0 radical (unpaired) electrons. The first-order valence-corrected chi connectivity index (χ1v) is 8.33. The van der Waals surface area contributed by atoms with Gasteiger partial charge in [0.2, 0.25) is 0 Å². The number of carbonyl (C=O) groups is 2. The average molecular weight is 347 g/mol. The number of carbonyl (C=O) groups excluding carboxylic acids is 2. The summed E-state index contributed by atoms with van der Waals surface area (Å²) in [5, 5.41) is 0. The topological polar surface area (TPSA) is 46.6 Å². The number of amides is 1. The van der Waals surface area contributed by atoms with Gasteiger partial charge in [-0.05, 0) is 36.6 Å². The summed E-state index contributed by atoms with van der Waals surface area (Å²) >= 11 is 0. The highest BCUT2D eigenvalue weighted by Crippen LogP contribution is 2.05. The summed E-state index contributed by atoms with van der Waals surface area (Å²) in [7, 11) is 0. The Labute approximate surface area is 154 Å². The summed E-state index contributed by atoms with van der Waals surface area (Å²) in [5.41, 5.74) is 1.54. The lowest BCUT2D eigenvalue weighted by atomic mass is 10.2. The number of esters is 1. The van der Waals surface area contributed by atoms with Gasteiger partial charge in [-0.25, -0.2) is 4.79 Å². The number of rotatable bonds is 7. The smallest absolute Gasteiger partial charge is 0.338 e. The van der Waals surface area contributed by atoms with Crippen LogP contribution in [0.3, 0.4) is 0 Å². The molecule has 2 rings (SSSR count). The third-order valence-electron chi connectivity index (χ3n) is 3.55. The maximum Gasteiger partial charge on any atom is 0.338 e. The first-order chi connectivity index (χ1) is 12.7. The Morgan fingerprint density at radius 3 is 2.31 bits per heavy atom. The number of nitrogens with zero attached hydrogens (tertiary/aromatic N) is 1. The molecule has 26 heavy (non-hydrogen) atoms. The molecule has 0 aliphatic rings. The van der Waals surface area contributed by atoms with Crippen LogP contribution in [0.5, 0.6) is 0 Å². The number of hydrogen-bond acceptors (Lipinski definition) is 3. The van der Waals surface area contributed by atoms with Crippen molar-refractivity contribution in [1.82, 2.24) is 4.90 Å². The summed E-state index contributed by atoms with van der Waals surface area (Å²) in [5.74, 6) is 4.59. The fourth-order valence-corrected chi connectivity index (χ4v) is 2.26. The zero-order valence-electron chi connectivity index (χ0n) is 14.7. The molecule has 0 spiro atoms. The minimum Gasteiger partial charge on any atom is -0.458 e. The molecular formula is C22H21NO3. The van der Waals surface area contributed by atoms with Gasteiger partial charge in [-0.1, -0.05) is 60.5 Å². The molecule has 4 heteroatoms. The normalized spacial score (nSPS) is 10.0. The van der Waals surface area contributed by atoms with Gasteiger partial charge in [0.05, 0.1) is 5.56 Å². The lowest BCUT2D eigenvalue weighted by molar-refractivity contribution is -0.125. The van der Waals surface area contributed by atoms with Crippen molar-refractivity contribution in [3.63, 3.8) is 0 Å². The van der Waals surface area contributed by atoms with Gasteiger partial charge in [-0.3, -0.25) is 4.79 Å². The Hall–Kier alpha value is -3.32. The van der Waals surface area contributed by atoms with E-state index in [1.54, 1.807) is 48.2 Å². The van der Waals surface area contributed by atoms with E-state index < -0.39 is 0 Å². The van der Waals surface area contributed by atoms with Crippen molar-refractivity contribution in [2.24, 2.45) is 0 Å². The highest BCUT2D eigenvalue weighted by atomic mass is 16.5. The number of benzene rings is 2. The van der Waals surface area contributed by atoms with Crippen LogP contribution in [-0.2, 0) is 16.1 Å². The summed E-state index contributed by atoms with van der Waals surface area (Å²) in [4.78, 5) is 25.6. The highest BCUT2D eigenvalue weighted by Gasteiger charge is 2.10. The van der Waals surface area contributed by atoms with Crippen molar-refractivity contribution in [2.45, 2.75) is 13.5 Å². The summed E-state index contributed by atoms with van der Waals surface area (Å²) < 4.78 is 5.18. The summed E-state index contributed by atoms with van der Waals surface area (Å²) in [6.45, 7) is 2.66. The van der Waals surface area contributed by atoms with Gasteiger partial charge in [-0.15, -0.1) is 0 Å². The second-order valence-electron chi connectivity index (χ2n) is 5.48. The zero-order chi connectivity index (χ0) is 18.6. The maximum atomic E-state index is 12.1. The standard InChI is InChI=1S/C22H21NO3/c1-2-11-21(24)23(18-19-12-5-3-6-13-19)16-9-10-17-26-22(25)20-14-7-4-8-15-20/h3-10,12-15H,16-18H2,1H3/b10-9-. The Morgan fingerprint density at radius 2 is 1.65 bits per heavy atom. The van der Waals surface area contributed by atoms with Crippen molar-refractivity contribution in [3.8, 4) is 11.8 Å². The van der Waals surface area contributed by atoms with Gasteiger partial charge in [0.1, 0.15) is 6.61 Å². The Balaban J connectivity index is 1.87. The van der Waals surface area contributed by atoms with Gasteiger partial charge in [-0.2, -0.15) is 0 Å². The van der Waals surface area contributed by atoms with Crippen molar-refractivity contribution in [3.05, 3.63) is 83.9 Å². The molecule has 0 atom stereocenters. The molecule has 0 saturated carbocycles. The van der Waals surface area contributed by atoms with Crippen molar-refractivity contribution >= 4 is 11.9 Å². The van der Waals surface area contributed by atoms with Crippen LogP contribution in [0.1, 0.15) is 22.8 Å². The number of hydrogen-bond donors (Lipinski definition) is 0. The van der Waals surface area contributed by atoms with E-state index in [9.17, 15) is 9.59 Å². The van der Waals surface area contributed by atoms with E-state index in [2.05, 4.69) is 11.8 Å². The monoisotopic (exact) mass is 347 g/mol. The molecule has 0 aliphatic heterocycles. The van der Waals surface area contributed by atoms with E-state index >= 15 is 0 Å². The van der Waals surface area contributed by atoms with Gasteiger partial charge < -0.3 is 9.64 Å². The molecule has 0 saturated heterocycles. The first-order valence-electron chi connectivity index (χ1n) is 8.33.